The quantitative estimate of drug-likeness (QED) is 0.608. The smallest absolute Gasteiger partial charge is 0.198 e. The van der Waals surface area contributed by atoms with Crippen LogP contribution in [0.25, 0.3) is 0 Å². The Labute approximate surface area is 63.1 Å². The van der Waals surface area contributed by atoms with Gasteiger partial charge in [0.25, 0.3) is 0 Å². The van der Waals surface area contributed by atoms with Crippen molar-refractivity contribution in [1.82, 2.24) is 4.98 Å². The fourth-order valence-corrected chi connectivity index (χ4v) is 1.15. The molecule has 0 aliphatic rings. The summed E-state index contributed by atoms with van der Waals surface area (Å²) in [5, 5.41) is 9.06. The molecule has 0 saturated carbocycles. The maximum absolute atomic E-state index is 8.45. The molecule has 0 radical (unpaired) electrons. The van der Waals surface area contributed by atoms with Crippen LogP contribution in [0.5, 0.6) is 0 Å². The molecule has 1 heterocycles. The lowest BCUT2D eigenvalue weighted by Gasteiger charge is -1.87. The van der Waals surface area contributed by atoms with Gasteiger partial charge in [0.1, 0.15) is 6.07 Å². The van der Waals surface area contributed by atoms with Crippen molar-refractivity contribution < 1.29 is 4.42 Å². The molecule has 0 unspecified atom stereocenters. The zero-order valence-corrected chi connectivity index (χ0v) is 6.31. The summed E-state index contributed by atoms with van der Waals surface area (Å²) < 4.78 is 4.93. The van der Waals surface area contributed by atoms with E-state index in [1.54, 1.807) is 0 Å². The highest BCUT2D eigenvalue weighted by Gasteiger charge is 2.04. The van der Waals surface area contributed by atoms with E-state index in [1.807, 2.05) is 13.0 Å². The molecule has 0 bridgehead atoms. The Morgan fingerprint density at radius 3 is 3.30 bits per heavy atom. The van der Waals surface area contributed by atoms with Crippen LogP contribution in [0.4, 0.5) is 0 Å². The Morgan fingerprint density at radius 1 is 1.90 bits per heavy atom. The summed E-state index contributed by atoms with van der Waals surface area (Å²) in [4.78, 5) is 3.70. The molecule has 0 amide bonds. The number of nitriles is 1. The van der Waals surface area contributed by atoms with Gasteiger partial charge in [-0.1, -0.05) is 18.7 Å². The molecule has 0 aliphatic heterocycles. The highest BCUT2D eigenvalue weighted by molar-refractivity contribution is 7.99. The molecule has 52 valence electrons. The van der Waals surface area contributed by atoms with Gasteiger partial charge in [-0.15, -0.1) is 0 Å². The first kappa shape index (κ1) is 7.16. The van der Waals surface area contributed by atoms with Gasteiger partial charge in [0.2, 0.25) is 0 Å². The van der Waals surface area contributed by atoms with E-state index in [0.29, 0.717) is 10.8 Å². The van der Waals surface area contributed by atoms with Crippen LogP contribution in [0.1, 0.15) is 12.6 Å². The molecule has 1 aromatic heterocycles. The lowest BCUT2D eigenvalue weighted by molar-refractivity contribution is 0.468. The maximum Gasteiger partial charge on any atom is 0.198 e. The molecular formula is C6H6N2OS. The molecule has 1 aromatic rings. The van der Waals surface area contributed by atoms with Gasteiger partial charge in [-0.05, 0) is 5.75 Å². The van der Waals surface area contributed by atoms with Crippen LogP contribution >= 0.6 is 11.8 Å². The van der Waals surface area contributed by atoms with Crippen LogP contribution in [0.15, 0.2) is 15.9 Å². The fourth-order valence-electron chi connectivity index (χ4n) is 0.543. The number of hydrogen-bond acceptors (Lipinski definition) is 4. The van der Waals surface area contributed by atoms with Crippen LogP contribution in [-0.2, 0) is 0 Å². The van der Waals surface area contributed by atoms with Gasteiger partial charge in [-0.2, -0.15) is 5.26 Å². The summed E-state index contributed by atoms with van der Waals surface area (Å²) in [6.07, 6.45) is 1.29. The number of hydrogen-bond donors (Lipinski definition) is 0. The Hall–Kier alpha value is -0.950. The van der Waals surface area contributed by atoms with Crippen molar-refractivity contribution in [2.45, 2.75) is 12.0 Å². The number of nitrogens with zero attached hydrogens (tertiary/aromatic N) is 2. The summed E-state index contributed by atoms with van der Waals surface area (Å²) >= 11 is 1.48. The van der Waals surface area contributed by atoms with Gasteiger partial charge in [-0.3, -0.25) is 0 Å². The van der Waals surface area contributed by atoms with E-state index >= 15 is 0 Å². The molecule has 0 aliphatic carbocycles. The topological polar surface area (TPSA) is 49.8 Å². The molecular weight excluding hydrogens is 148 g/mol. The van der Waals surface area contributed by atoms with Crippen molar-refractivity contribution in [1.29, 1.82) is 5.26 Å². The predicted molar refractivity (Wildman–Crippen MR) is 37.6 cm³/mol. The van der Waals surface area contributed by atoms with Crippen molar-refractivity contribution in [3.8, 4) is 6.07 Å². The SMILES string of the molecule is CCSc1ocnc1C#N. The van der Waals surface area contributed by atoms with E-state index in [-0.39, 0.29) is 0 Å². The monoisotopic (exact) mass is 154 g/mol. The van der Waals surface area contributed by atoms with Crippen molar-refractivity contribution in [3.05, 3.63) is 12.1 Å². The Bertz CT molecular complexity index is 250. The second kappa shape index (κ2) is 3.28. The number of thioether (sulfide) groups is 1. The second-order valence-electron chi connectivity index (χ2n) is 1.53. The van der Waals surface area contributed by atoms with Crippen molar-refractivity contribution in [2.24, 2.45) is 0 Å². The fraction of sp³-hybridized carbons (Fsp3) is 0.333. The normalized spacial score (nSPS) is 9.20. The largest absolute Gasteiger partial charge is 0.436 e. The molecule has 1 rings (SSSR count). The highest BCUT2D eigenvalue weighted by atomic mass is 32.2. The summed E-state index contributed by atoms with van der Waals surface area (Å²) in [6.45, 7) is 1.99. The van der Waals surface area contributed by atoms with E-state index in [1.165, 1.54) is 18.2 Å². The molecule has 0 spiro atoms. The van der Waals surface area contributed by atoms with Gasteiger partial charge in [0.15, 0.2) is 17.2 Å². The van der Waals surface area contributed by atoms with Gasteiger partial charge in [0, 0.05) is 0 Å². The van der Waals surface area contributed by atoms with Gasteiger partial charge in [0.05, 0.1) is 0 Å². The Balaban J connectivity index is 2.82. The zero-order valence-electron chi connectivity index (χ0n) is 5.50. The van der Waals surface area contributed by atoms with E-state index in [2.05, 4.69) is 4.98 Å². The Morgan fingerprint density at radius 2 is 2.70 bits per heavy atom. The van der Waals surface area contributed by atoms with E-state index in [9.17, 15) is 0 Å². The molecule has 0 atom stereocenters. The minimum atomic E-state index is 0.381. The van der Waals surface area contributed by atoms with Gasteiger partial charge < -0.3 is 4.42 Å². The minimum absolute atomic E-state index is 0.381. The first-order valence-corrected chi connectivity index (χ1v) is 3.83. The average Bonchev–Trinajstić information content (AvgIpc) is 2.36. The third kappa shape index (κ3) is 1.31. The third-order valence-electron chi connectivity index (χ3n) is 0.916. The first-order valence-electron chi connectivity index (χ1n) is 2.85. The number of rotatable bonds is 2. The number of oxazole rings is 1. The third-order valence-corrected chi connectivity index (χ3v) is 1.76. The van der Waals surface area contributed by atoms with Crippen LogP contribution in [0.3, 0.4) is 0 Å². The number of aromatic nitrogens is 1. The summed E-state index contributed by atoms with van der Waals surface area (Å²) in [7, 11) is 0. The average molecular weight is 154 g/mol. The van der Waals surface area contributed by atoms with Crippen molar-refractivity contribution >= 4 is 11.8 Å². The van der Waals surface area contributed by atoms with Gasteiger partial charge >= 0.3 is 0 Å². The maximum atomic E-state index is 8.45. The molecule has 0 saturated heterocycles. The lowest BCUT2D eigenvalue weighted by Crippen LogP contribution is -1.75. The van der Waals surface area contributed by atoms with Crippen LogP contribution < -0.4 is 0 Å². The lowest BCUT2D eigenvalue weighted by atomic mass is 10.6. The second-order valence-corrected chi connectivity index (χ2v) is 2.77. The van der Waals surface area contributed by atoms with E-state index in [4.69, 9.17) is 9.68 Å². The van der Waals surface area contributed by atoms with Crippen LogP contribution in [0.2, 0.25) is 0 Å². The summed E-state index contributed by atoms with van der Waals surface area (Å²) in [5.74, 6) is 0.893. The molecule has 0 fully saturated rings. The van der Waals surface area contributed by atoms with E-state index in [0.717, 1.165) is 5.75 Å². The highest BCUT2D eigenvalue weighted by Crippen LogP contribution is 2.19. The standard InChI is InChI=1S/C6H6N2OS/c1-2-10-6-5(3-7)8-4-9-6/h4H,2H2,1H3. The predicted octanol–water partition coefficient (Wildman–Crippen LogP) is 1.66. The molecule has 3 nitrogen and oxygen atoms in total. The van der Waals surface area contributed by atoms with Crippen molar-refractivity contribution in [2.75, 3.05) is 5.75 Å². The molecule has 0 N–H and O–H groups in total. The van der Waals surface area contributed by atoms with Crippen LogP contribution in [-0.4, -0.2) is 10.7 Å². The molecule has 4 heteroatoms. The minimum Gasteiger partial charge on any atom is -0.436 e. The summed E-state index contributed by atoms with van der Waals surface area (Å²) in [6, 6.07) is 1.93. The van der Waals surface area contributed by atoms with Gasteiger partial charge in [-0.25, -0.2) is 4.98 Å². The zero-order chi connectivity index (χ0) is 7.40. The first-order chi connectivity index (χ1) is 4.88. The van der Waals surface area contributed by atoms with Crippen molar-refractivity contribution in [3.63, 3.8) is 0 Å². The Kier molecular flexibility index (Phi) is 2.35. The van der Waals surface area contributed by atoms with Crippen LogP contribution in [0, 0.1) is 11.3 Å². The van der Waals surface area contributed by atoms with E-state index < -0.39 is 0 Å². The summed E-state index contributed by atoms with van der Waals surface area (Å²) in [5.41, 5.74) is 0.381. The molecule has 0 aromatic carbocycles. The molecule has 10 heavy (non-hydrogen) atoms.